The average molecular weight is 255 g/mol. The van der Waals surface area contributed by atoms with Gasteiger partial charge in [-0.1, -0.05) is 45.4 Å². The van der Waals surface area contributed by atoms with E-state index in [1.54, 1.807) is 0 Å². The number of hydrogen-bond donors (Lipinski definition) is 0. The predicted molar refractivity (Wildman–Crippen MR) is 53.8 cm³/mol. The van der Waals surface area contributed by atoms with E-state index in [1.807, 2.05) is 0 Å². The molecule has 0 nitrogen and oxygen atoms in total. The van der Waals surface area contributed by atoms with Crippen LogP contribution in [0.4, 0.5) is 0 Å². The second-order valence-corrected chi connectivity index (χ2v) is 3.65. The van der Waals surface area contributed by atoms with Crippen molar-refractivity contribution in [2.75, 3.05) is 0 Å². The van der Waals surface area contributed by atoms with Gasteiger partial charge in [-0.15, -0.1) is 6.42 Å². The summed E-state index contributed by atoms with van der Waals surface area (Å²) in [5.74, 6) is 0.756. The summed E-state index contributed by atoms with van der Waals surface area (Å²) in [6, 6.07) is 0. The van der Waals surface area contributed by atoms with Crippen LogP contribution >= 0.6 is 0 Å². The fraction of sp³-hybridized carbons (Fsp3) is 0.667. The van der Waals surface area contributed by atoms with E-state index in [0.29, 0.717) is 0 Å². The third-order valence-corrected chi connectivity index (χ3v) is 2.53. The summed E-state index contributed by atoms with van der Waals surface area (Å²) in [5.41, 5.74) is 1.51. The van der Waals surface area contributed by atoms with Crippen LogP contribution in [0.15, 0.2) is 17.7 Å². The molecule has 1 atom stereocenters. The molecular weight excluding hydrogens is 235 g/mol. The Morgan fingerprint density at radius 3 is 2.77 bits per heavy atom. The average Bonchev–Trinajstić information content (AvgIpc) is 2.56. The van der Waals surface area contributed by atoms with Crippen molar-refractivity contribution in [1.82, 2.24) is 0 Å². The molecule has 1 aliphatic rings. The molecule has 1 unspecified atom stereocenters. The van der Waals surface area contributed by atoms with E-state index in [4.69, 9.17) is 0 Å². The van der Waals surface area contributed by atoms with Crippen LogP contribution in [0.5, 0.6) is 0 Å². The third-order valence-electron chi connectivity index (χ3n) is 2.53. The van der Waals surface area contributed by atoms with Gasteiger partial charge in [-0.25, -0.2) is 6.08 Å². The Labute approximate surface area is 102 Å². The van der Waals surface area contributed by atoms with Gasteiger partial charge in [0.15, 0.2) is 0 Å². The second-order valence-electron chi connectivity index (χ2n) is 3.65. The van der Waals surface area contributed by atoms with E-state index >= 15 is 0 Å². The molecule has 0 saturated carbocycles. The van der Waals surface area contributed by atoms with E-state index in [1.165, 1.54) is 31.3 Å². The Morgan fingerprint density at radius 1 is 1.46 bits per heavy atom. The summed E-state index contributed by atoms with van der Waals surface area (Å²) in [5, 5.41) is 0. The first-order chi connectivity index (χ1) is 5.84. The Hall–Kier alpha value is 0.363. The molecule has 0 aromatic rings. The van der Waals surface area contributed by atoms with Gasteiger partial charge in [0.25, 0.3) is 0 Å². The minimum atomic E-state index is 0. The molecule has 0 N–H and O–H groups in total. The zero-order chi connectivity index (χ0) is 8.81. The van der Waals surface area contributed by atoms with Crippen LogP contribution in [0.25, 0.3) is 0 Å². The van der Waals surface area contributed by atoms with E-state index in [2.05, 4.69) is 32.1 Å². The molecule has 0 amide bonds. The summed E-state index contributed by atoms with van der Waals surface area (Å²) in [7, 11) is 0. The van der Waals surface area contributed by atoms with E-state index in [9.17, 15) is 0 Å². The molecule has 0 saturated heterocycles. The predicted octanol–water partition coefficient (Wildman–Crippen LogP) is 3.89. The molecule has 1 heteroatoms. The Bertz CT molecular complexity index is 180. The molecule has 0 aliphatic heterocycles. The first-order valence-corrected chi connectivity index (χ1v) is 5.11. The molecule has 72 valence electrons. The summed E-state index contributed by atoms with van der Waals surface area (Å²) in [6.07, 6.45) is 14.2. The van der Waals surface area contributed by atoms with Crippen LogP contribution in [0, 0.1) is 12.0 Å². The van der Waals surface area contributed by atoms with Crippen LogP contribution in [0.2, 0.25) is 0 Å². The topological polar surface area (TPSA) is 0 Å². The Balaban J connectivity index is 0.00000144. The molecule has 0 bridgehead atoms. The van der Waals surface area contributed by atoms with Gasteiger partial charge in [0.05, 0.1) is 0 Å². The maximum atomic E-state index is 3.23. The van der Waals surface area contributed by atoms with Crippen molar-refractivity contribution in [2.45, 2.75) is 46.0 Å². The normalized spacial score (nSPS) is 16.6. The van der Waals surface area contributed by atoms with Crippen LogP contribution in [-0.2, 0) is 26.2 Å². The van der Waals surface area contributed by atoms with E-state index in [-0.39, 0.29) is 26.2 Å². The second kappa shape index (κ2) is 7.74. The Kier molecular flexibility index (Phi) is 7.95. The summed E-state index contributed by atoms with van der Waals surface area (Å²) in [6.45, 7) is 4.58. The minimum Gasteiger partial charge on any atom is -0.273 e. The van der Waals surface area contributed by atoms with Crippen molar-refractivity contribution in [2.24, 2.45) is 5.92 Å². The quantitative estimate of drug-likeness (QED) is 0.516. The first kappa shape index (κ1) is 13.4. The molecule has 0 spiro atoms. The van der Waals surface area contributed by atoms with Crippen molar-refractivity contribution in [1.29, 1.82) is 0 Å². The van der Waals surface area contributed by atoms with Crippen LogP contribution in [0.3, 0.4) is 0 Å². The number of rotatable bonds is 5. The van der Waals surface area contributed by atoms with Gasteiger partial charge in [-0.05, 0) is 0 Å². The standard InChI is InChI=1S/C12H19.Zr/c1-3-4-5-8-11(2)12-9-6-7-10-12;/h9-11H,3-6,8H2,1-2H3;/q-1;. The van der Waals surface area contributed by atoms with E-state index in [0.717, 1.165) is 12.3 Å². The zero-order valence-electron chi connectivity index (χ0n) is 8.77. The molecule has 13 heavy (non-hydrogen) atoms. The maximum absolute atomic E-state index is 3.23. The zero-order valence-corrected chi connectivity index (χ0v) is 11.2. The minimum absolute atomic E-state index is 0. The van der Waals surface area contributed by atoms with Crippen molar-refractivity contribution in [3.63, 3.8) is 0 Å². The monoisotopic (exact) mass is 253 g/mol. The smallest absolute Gasteiger partial charge is 0 e. The molecule has 1 aliphatic carbocycles. The molecule has 1 rings (SSSR count). The maximum Gasteiger partial charge on any atom is 0 e. The van der Waals surface area contributed by atoms with Gasteiger partial charge in [-0.3, -0.25) is 6.08 Å². The van der Waals surface area contributed by atoms with E-state index < -0.39 is 0 Å². The summed E-state index contributed by atoms with van der Waals surface area (Å²) >= 11 is 0. The van der Waals surface area contributed by atoms with Crippen molar-refractivity contribution < 1.29 is 26.2 Å². The Morgan fingerprint density at radius 2 is 2.23 bits per heavy atom. The van der Waals surface area contributed by atoms with Gasteiger partial charge < -0.3 is 0 Å². The van der Waals surface area contributed by atoms with Crippen molar-refractivity contribution in [3.8, 4) is 0 Å². The third kappa shape index (κ3) is 4.96. The summed E-state index contributed by atoms with van der Waals surface area (Å²) < 4.78 is 0. The number of hydrogen-bond acceptors (Lipinski definition) is 0. The van der Waals surface area contributed by atoms with Gasteiger partial charge in [-0.2, -0.15) is 11.6 Å². The molecular formula is C12H19Zr-. The SMILES string of the molecule is CCCCCC(C)C1=CC[C-]=C1.[Zr]. The number of allylic oxidation sites excluding steroid dienone is 4. The molecule has 0 radical (unpaired) electrons. The first-order valence-electron chi connectivity index (χ1n) is 5.11. The van der Waals surface area contributed by atoms with Gasteiger partial charge in [0.2, 0.25) is 0 Å². The van der Waals surface area contributed by atoms with Crippen molar-refractivity contribution in [3.05, 3.63) is 23.8 Å². The fourth-order valence-electron chi connectivity index (χ4n) is 1.62. The van der Waals surface area contributed by atoms with Crippen LogP contribution in [-0.4, -0.2) is 0 Å². The molecule has 0 heterocycles. The molecule has 0 aromatic carbocycles. The van der Waals surface area contributed by atoms with Crippen LogP contribution < -0.4 is 0 Å². The molecule has 0 aromatic heterocycles. The number of unbranched alkanes of at least 4 members (excludes halogenated alkanes) is 2. The van der Waals surface area contributed by atoms with Gasteiger partial charge in [0.1, 0.15) is 0 Å². The van der Waals surface area contributed by atoms with Crippen LogP contribution in [0.1, 0.15) is 46.0 Å². The van der Waals surface area contributed by atoms with Gasteiger partial charge >= 0.3 is 0 Å². The van der Waals surface area contributed by atoms with Crippen molar-refractivity contribution >= 4 is 0 Å². The largest absolute Gasteiger partial charge is 0.273 e. The molecule has 0 fully saturated rings. The fourth-order valence-corrected chi connectivity index (χ4v) is 1.62. The van der Waals surface area contributed by atoms with Gasteiger partial charge in [0, 0.05) is 26.2 Å². The summed E-state index contributed by atoms with van der Waals surface area (Å²) in [4.78, 5) is 0.